The number of carbonyl (C=O) groups is 2. The standard InChI is InChI=1S/C20H22N2O8/c1-12(2)19(13-4-5-14-16(10-13)28-9-3-8-27-14)21-17(23)11-29-20(24)15-6-7-18(30-15)22(25)26/h4-7,10,12,19H,3,8-9,11H2,1-2H3,(H,21,23)/t19-/m0/s1. The van der Waals surface area contributed by atoms with E-state index in [1.807, 2.05) is 26.0 Å². The molecule has 160 valence electrons. The Morgan fingerprint density at radius 1 is 1.17 bits per heavy atom. The second kappa shape index (κ2) is 9.29. The molecular formula is C20H22N2O8. The highest BCUT2D eigenvalue weighted by Crippen LogP contribution is 2.34. The maximum absolute atomic E-state index is 12.3. The van der Waals surface area contributed by atoms with Crippen LogP contribution in [0.5, 0.6) is 11.5 Å². The summed E-state index contributed by atoms with van der Waals surface area (Å²) < 4.78 is 21.0. The molecule has 0 radical (unpaired) electrons. The number of nitrogens with one attached hydrogen (secondary N) is 1. The van der Waals surface area contributed by atoms with E-state index in [0.717, 1.165) is 24.1 Å². The fraction of sp³-hybridized carbons (Fsp3) is 0.400. The Morgan fingerprint density at radius 2 is 1.90 bits per heavy atom. The molecule has 10 heteroatoms. The minimum absolute atomic E-state index is 0.0436. The lowest BCUT2D eigenvalue weighted by Crippen LogP contribution is -2.35. The Balaban J connectivity index is 1.62. The Kier molecular flexibility index (Phi) is 6.55. The number of nitrogens with zero attached hydrogens (tertiary/aromatic N) is 1. The lowest BCUT2D eigenvalue weighted by atomic mass is 9.95. The SMILES string of the molecule is CC(C)[C@H](NC(=O)COC(=O)c1ccc([N+](=O)[O-])o1)c1ccc2c(c1)OCCCO2. The van der Waals surface area contributed by atoms with Gasteiger partial charge in [-0.3, -0.25) is 14.9 Å². The largest absolute Gasteiger partial charge is 0.490 e. The van der Waals surface area contributed by atoms with Crippen molar-refractivity contribution in [1.82, 2.24) is 5.32 Å². The van der Waals surface area contributed by atoms with Crippen LogP contribution in [0.4, 0.5) is 5.88 Å². The van der Waals surface area contributed by atoms with Crippen LogP contribution in [-0.2, 0) is 9.53 Å². The predicted octanol–water partition coefficient (Wildman–Crippen LogP) is 3.02. The van der Waals surface area contributed by atoms with Crippen molar-refractivity contribution < 1.29 is 33.1 Å². The molecule has 0 unspecified atom stereocenters. The summed E-state index contributed by atoms with van der Waals surface area (Å²) in [7, 11) is 0. The van der Waals surface area contributed by atoms with Crippen molar-refractivity contribution in [3.8, 4) is 11.5 Å². The number of nitro groups is 1. The van der Waals surface area contributed by atoms with Gasteiger partial charge in [0.2, 0.25) is 5.76 Å². The molecule has 2 heterocycles. The molecule has 1 amide bonds. The summed E-state index contributed by atoms with van der Waals surface area (Å²) in [5, 5.41) is 13.4. The highest BCUT2D eigenvalue weighted by Gasteiger charge is 2.23. The third-order valence-corrected chi connectivity index (χ3v) is 4.42. The van der Waals surface area contributed by atoms with Gasteiger partial charge in [-0.2, -0.15) is 0 Å². The molecule has 3 rings (SSSR count). The second-order valence-electron chi connectivity index (χ2n) is 7.02. The predicted molar refractivity (Wildman–Crippen MR) is 103 cm³/mol. The van der Waals surface area contributed by atoms with Crippen molar-refractivity contribution in [2.24, 2.45) is 5.92 Å². The number of hydrogen-bond donors (Lipinski definition) is 1. The minimum atomic E-state index is -0.963. The van der Waals surface area contributed by atoms with Gasteiger partial charge in [0.1, 0.15) is 4.92 Å². The van der Waals surface area contributed by atoms with Gasteiger partial charge in [0.25, 0.3) is 5.91 Å². The van der Waals surface area contributed by atoms with E-state index >= 15 is 0 Å². The van der Waals surface area contributed by atoms with Gasteiger partial charge in [0, 0.05) is 6.42 Å². The first kappa shape index (κ1) is 21.2. The lowest BCUT2D eigenvalue weighted by Gasteiger charge is -2.23. The van der Waals surface area contributed by atoms with E-state index in [0.29, 0.717) is 24.7 Å². The molecule has 1 aliphatic heterocycles. The summed E-state index contributed by atoms with van der Waals surface area (Å²) in [6.45, 7) is 4.47. The van der Waals surface area contributed by atoms with E-state index in [2.05, 4.69) is 5.32 Å². The highest BCUT2D eigenvalue weighted by atomic mass is 16.7. The van der Waals surface area contributed by atoms with E-state index in [-0.39, 0.29) is 17.7 Å². The van der Waals surface area contributed by atoms with Crippen LogP contribution < -0.4 is 14.8 Å². The van der Waals surface area contributed by atoms with Crippen LogP contribution in [0.25, 0.3) is 0 Å². The molecular weight excluding hydrogens is 396 g/mol. The van der Waals surface area contributed by atoms with Gasteiger partial charge in [-0.15, -0.1) is 0 Å². The molecule has 1 aromatic heterocycles. The Hall–Kier alpha value is -3.56. The number of carbonyl (C=O) groups excluding carboxylic acids is 2. The van der Waals surface area contributed by atoms with Crippen LogP contribution in [0, 0.1) is 16.0 Å². The van der Waals surface area contributed by atoms with Crippen LogP contribution in [0.3, 0.4) is 0 Å². The first-order chi connectivity index (χ1) is 14.3. The number of furan rings is 1. The second-order valence-corrected chi connectivity index (χ2v) is 7.02. The van der Waals surface area contributed by atoms with Crippen molar-refractivity contribution in [3.05, 3.63) is 51.8 Å². The van der Waals surface area contributed by atoms with E-state index in [4.69, 9.17) is 18.6 Å². The van der Waals surface area contributed by atoms with Crippen LogP contribution in [0.2, 0.25) is 0 Å². The molecule has 0 aliphatic carbocycles. The molecule has 0 bridgehead atoms. The Bertz CT molecular complexity index is 937. The molecule has 1 aromatic carbocycles. The Morgan fingerprint density at radius 3 is 2.57 bits per heavy atom. The zero-order chi connectivity index (χ0) is 21.7. The molecule has 30 heavy (non-hydrogen) atoms. The molecule has 0 saturated heterocycles. The van der Waals surface area contributed by atoms with Crippen molar-refractivity contribution in [2.45, 2.75) is 26.3 Å². The molecule has 0 fully saturated rings. The monoisotopic (exact) mass is 418 g/mol. The van der Waals surface area contributed by atoms with Gasteiger partial charge < -0.3 is 23.9 Å². The number of amides is 1. The summed E-state index contributed by atoms with van der Waals surface area (Å²) in [5.74, 6) is -1.09. The minimum Gasteiger partial charge on any atom is -0.490 e. The maximum atomic E-state index is 12.3. The Labute approximate surface area is 172 Å². The fourth-order valence-corrected chi connectivity index (χ4v) is 2.96. The van der Waals surface area contributed by atoms with Crippen LogP contribution in [-0.4, -0.2) is 36.6 Å². The van der Waals surface area contributed by atoms with Gasteiger partial charge >= 0.3 is 11.9 Å². The molecule has 1 aliphatic rings. The van der Waals surface area contributed by atoms with E-state index in [9.17, 15) is 19.7 Å². The summed E-state index contributed by atoms with van der Waals surface area (Å²) in [4.78, 5) is 34.1. The lowest BCUT2D eigenvalue weighted by molar-refractivity contribution is -0.402. The smallest absolute Gasteiger partial charge is 0.433 e. The molecule has 1 atom stereocenters. The van der Waals surface area contributed by atoms with E-state index in [1.165, 1.54) is 0 Å². The van der Waals surface area contributed by atoms with Gasteiger partial charge in [-0.1, -0.05) is 19.9 Å². The zero-order valence-electron chi connectivity index (χ0n) is 16.6. The number of rotatable bonds is 7. The quantitative estimate of drug-likeness (QED) is 0.412. The van der Waals surface area contributed by atoms with Crippen molar-refractivity contribution in [1.29, 1.82) is 0 Å². The number of esters is 1. The number of ether oxygens (including phenoxy) is 3. The van der Waals surface area contributed by atoms with E-state index in [1.54, 1.807) is 6.07 Å². The summed E-state index contributed by atoms with van der Waals surface area (Å²) >= 11 is 0. The normalized spacial score (nSPS) is 14.0. The van der Waals surface area contributed by atoms with Gasteiger partial charge in [0.05, 0.1) is 25.3 Å². The number of hydrogen-bond acceptors (Lipinski definition) is 8. The fourth-order valence-electron chi connectivity index (χ4n) is 2.96. The molecule has 10 nitrogen and oxygen atoms in total. The topological polar surface area (TPSA) is 130 Å². The van der Waals surface area contributed by atoms with Crippen LogP contribution in [0.1, 0.15) is 42.4 Å². The average Bonchev–Trinajstić information content (AvgIpc) is 3.10. The molecule has 1 N–H and O–H groups in total. The van der Waals surface area contributed by atoms with E-state index < -0.39 is 29.3 Å². The first-order valence-corrected chi connectivity index (χ1v) is 9.45. The van der Waals surface area contributed by atoms with Gasteiger partial charge in [-0.05, 0) is 29.7 Å². The summed E-state index contributed by atoms with van der Waals surface area (Å²) in [6, 6.07) is 7.30. The third kappa shape index (κ3) is 5.07. The van der Waals surface area contributed by atoms with Crippen molar-refractivity contribution in [2.75, 3.05) is 19.8 Å². The first-order valence-electron chi connectivity index (χ1n) is 9.45. The van der Waals surface area contributed by atoms with Crippen molar-refractivity contribution in [3.63, 3.8) is 0 Å². The number of fused-ring (bicyclic) bond motifs is 1. The van der Waals surface area contributed by atoms with Gasteiger partial charge in [0.15, 0.2) is 18.1 Å². The molecule has 0 spiro atoms. The maximum Gasteiger partial charge on any atom is 0.433 e. The summed E-state index contributed by atoms with van der Waals surface area (Å²) in [6.07, 6.45) is 0.790. The summed E-state index contributed by atoms with van der Waals surface area (Å²) in [5.41, 5.74) is 0.829. The molecule has 2 aromatic rings. The van der Waals surface area contributed by atoms with Crippen LogP contribution >= 0.6 is 0 Å². The average molecular weight is 418 g/mol. The van der Waals surface area contributed by atoms with Crippen LogP contribution in [0.15, 0.2) is 34.7 Å². The number of benzene rings is 1. The highest BCUT2D eigenvalue weighted by molar-refractivity contribution is 5.89. The molecule has 0 saturated carbocycles. The third-order valence-electron chi connectivity index (χ3n) is 4.42. The van der Waals surface area contributed by atoms with Gasteiger partial charge in [-0.25, -0.2) is 4.79 Å². The zero-order valence-corrected chi connectivity index (χ0v) is 16.6. The van der Waals surface area contributed by atoms with Crippen molar-refractivity contribution >= 4 is 17.8 Å².